The van der Waals surface area contributed by atoms with Crippen LogP contribution < -0.4 is 5.32 Å². The van der Waals surface area contributed by atoms with Gasteiger partial charge in [0.05, 0.1) is 5.69 Å². The van der Waals surface area contributed by atoms with E-state index < -0.39 is 11.6 Å². The molecule has 0 aliphatic rings. The van der Waals surface area contributed by atoms with Gasteiger partial charge in [-0.15, -0.1) is 0 Å². The number of amides is 1. The second kappa shape index (κ2) is 9.64. The lowest BCUT2D eigenvalue weighted by molar-refractivity contribution is -0.148. The van der Waals surface area contributed by atoms with E-state index in [0.717, 1.165) is 15.6 Å². The fraction of sp³-hybridized carbons (Fsp3) is 0.273. The summed E-state index contributed by atoms with van der Waals surface area (Å²) in [7, 11) is 0. The number of hydrogen-bond acceptors (Lipinski definition) is 3. The SMILES string of the molecule is CC(C)(C)OC(=O)/C=C/c1ccc(Br)c(NC(=O)CCc2cccc(F)c2)c1. The van der Waals surface area contributed by atoms with Crippen LogP contribution in [-0.4, -0.2) is 17.5 Å². The van der Waals surface area contributed by atoms with Crippen LogP contribution in [0.3, 0.4) is 0 Å². The predicted octanol–water partition coefficient (Wildman–Crippen LogP) is 5.51. The van der Waals surface area contributed by atoms with Crippen molar-refractivity contribution < 1.29 is 18.7 Å². The molecule has 0 saturated heterocycles. The zero-order valence-electron chi connectivity index (χ0n) is 16.1. The van der Waals surface area contributed by atoms with Gasteiger partial charge >= 0.3 is 5.97 Å². The molecule has 1 N–H and O–H groups in total. The number of aryl methyl sites for hydroxylation is 1. The highest BCUT2D eigenvalue weighted by Gasteiger charge is 2.14. The summed E-state index contributed by atoms with van der Waals surface area (Å²) in [6.07, 6.45) is 3.65. The molecule has 148 valence electrons. The maximum Gasteiger partial charge on any atom is 0.331 e. The third-order valence-electron chi connectivity index (χ3n) is 3.61. The molecule has 0 aliphatic carbocycles. The molecule has 0 unspecified atom stereocenters. The molecular formula is C22H23BrFNO3. The Bertz CT molecular complexity index is 888. The topological polar surface area (TPSA) is 55.4 Å². The summed E-state index contributed by atoms with van der Waals surface area (Å²) in [5, 5.41) is 2.83. The minimum absolute atomic E-state index is 0.182. The maximum absolute atomic E-state index is 13.2. The highest BCUT2D eigenvalue weighted by Crippen LogP contribution is 2.25. The van der Waals surface area contributed by atoms with Gasteiger partial charge in [0.1, 0.15) is 11.4 Å². The summed E-state index contributed by atoms with van der Waals surface area (Å²) >= 11 is 3.40. The largest absolute Gasteiger partial charge is 0.457 e. The number of hydrogen-bond donors (Lipinski definition) is 1. The van der Waals surface area contributed by atoms with E-state index >= 15 is 0 Å². The minimum atomic E-state index is -0.554. The molecule has 0 bridgehead atoms. The molecule has 0 heterocycles. The zero-order chi connectivity index (χ0) is 20.7. The van der Waals surface area contributed by atoms with Gasteiger partial charge in [-0.25, -0.2) is 9.18 Å². The Kier molecular flexibility index (Phi) is 7.52. The lowest BCUT2D eigenvalue weighted by atomic mass is 10.1. The van der Waals surface area contributed by atoms with Gasteiger partial charge in [-0.3, -0.25) is 4.79 Å². The third kappa shape index (κ3) is 7.64. The van der Waals surface area contributed by atoms with Gasteiger partial charge in [0.15, 0.2) is 0 Å². The number of halogens is 2. The van der Waals surface area contributed by atoms with E-state index in [9.17, 15) is 14.0 Å². The average Bonchev–Trinajstić information content (AvgIpc) is 2.59. The van der Waals surface area contributed by atoms with Gasteiger partial charge in [-0.05, 0) is 84.6 Å². The van der Waals surface area contributed by atoms with Crippen LogP contribution in [0.5, 0.6) is 0 Å². The van der Waals surface area contributed by atoms with E-state index in [4.69, 9.17) is 4.74 Å². The first-order valence-electron chi connectivity index (χ1n) is 8.87. The molecule has 0 saturated carbocycles. The van der Waals surface area contributed by atoms with Crippen LogP contribution >= 0.6 is 15.9 Å². The molecule has 1 amide bonds. The van der Waals surface area contributed by atoms with Crippen LogP contribution in [0, 0.1) is 5.82 Å². The van der Waals surface area contributed by atoms with Crippen molar-refractivity contribution in [1.82, 2.24) is 0 Å². The summed E-state index contributed by atoms with van der Waals surface area (Å²) in [4.78, 5) is 24.0. The molecular weight excluding hydrogens is 425 g/mol. The molecule has 2 aromatic rings. The van der Waals surface area contributed by atoms with Crippen molar-refractivity contribution in [1.29, 1.82) is 0 Å². The van der Waals surface area contributed by atoms with Crippen molar-refractivity contribution in [2.24, 2.45) is 0 Å². The van der Waals surface area contributed by atoms with Crippen molar-refractivity contribution in [3.8, 4) is 0 Å². The van der Waals surface area contributed by atoms with Gasteiger partial charge in [0.25, 0.3) is 0 Å². The molecule has 0 aliphatic heterocycles. The fourth-order valence-corrected chi connectivity index (χ4v) is 2.75. The smallest absolute Gasteiger partial charge is 0.331 e. The van der Waals surface area contributed by atoms with Crippen LogP contribution in [0.4, 0.5) is 10.1 Å². The Morgan fingerprint density at radius 2 is 1.93 bits per heavy atom. The van der Waals surface area contributed by atoms with Gasteiger partial charge in [-0.2, -0.15) is 0 Å². The van der Waals surface area contributed by atoms with Crippen molar-refractivity contribution in [3.63, 3.8) is 0 Å². The number of rotatable bonds is 6. The molecule has 0 spiro atoms. The number of carbonyl (C=O) groups excluding carboxylic acids is 2. The molecule has 0 radical (unpaired) electrons. The van der Waals surface area contributed by atoms with Gasteiger partial charge in [-0.1, -0.05) is 18.2 Å². The summed E-state index contributed by atoms with van der Waals surface area (Å²) in [6, 6.07) is 11.6. The van der Waals surface area contributed by atoms with E-state index in [1.807, 2.05) is 6.07 Å². The molecule has 6 heteroatoms. The van der Waals surface area contributed by atoms with E-state index in [-0.39, 0.29) is 18.1 Å². The number of anilines is 1. The standard InChI is InChI=1S/C22H23BrFNO3/c1-22(2,3)28-21(27)12-9-16-7-10-18(23)19(14-16)25-20(26)11-8-15-5-4-6-17(24)13-15/h4-7,9-10,12-14H,8,11H2,1-3H3,(H,25,26)/b12-9+. The number of nitrogens with one attached hydrogen (secondary N) is 1. The third-order valence-corrected chi connectivity index (χ3v) is 4.30. The van der Waals surface area contributed by atoms with Crippen molar-refractivity contribution >= 4 is 39.6 Å². The van der Waals surface area contributed by atoms with Crippen molar-refractivity contribution in [2.45, 2.75) is 39.2 Å². The first-order chi connectivity index (χ1) is 13.1. The Hall–Kier alpha value is -2.47. The quantitative estimate of drug-likeness (QED) is 0.468. The zero-order valence-corrected chi connectivity index (χ0v) is 17.7. The van der Waals surface area contributed by atoms with E-state index in [1.165, 1.54) is 18.2 Å². The molecule has 0 fully saturated rings. The summed E-state index contributed by atoms with van der Waals surface area (Å²) in [5.41, 5.74) is 1.55. The highest BCUT2D eigenvalue weighted by molar-refractivity contribution is 9.10. The Balaban J connectivity index is 1.98. The minimum Gasteiger partial charge on any atom is -0.457 e. The Labute approximate surface area is 172 Å². The van der Waals surface area contributed by atoms with Crippen LogP contribution in [0.15, 0.2) is 53.0 Å². The summed E-state index contributed by atoms with van der Waals surface area (Å²) in [6.45, 7) is 5.40. The number of ether oxygens (including phenoxy) is 1. The average molecular weight is 448 g/mol. The van der Waals surface area contributed by atoms with E-state index in [0.29, 0.717) is 12.1 Å². The van der Waals surface area contributed by atoms with Gasteiger partial charge < -0.3 is 10.1 Å². The highest BCUT2D eigenvalue weighted by atomic mass is 79.9. The first kappa shape index (κ1) is 21.8. The maximum atomic E-state index is 13.2. The van der Waals surface area contributed by atoms with Gasteiger partial charge in [0, 0.05) is 17.0 Å². The molecule has 2 rings (SSSR count). The summed E-state index contributed by atoms with van der Waals surface area (Å²) in [5.74, 6) is -0.931. The van der Waals surface area contributed by atoms with E-state index in [2.05, 4.69) is 21.2 Å². The molecule has 2 aromatic carbocycles. The van der Waals surface area contributed by atoms with Crippen molar-refractivity contribution in [2.75, 3.05) is 5.32 Å². The van der Waals surface area contributed by atoms with Crippen LogP contribution in [0.1, 0.15) is 38.3 Å². The lowest BCUT2D eigenvalue weighted by Gasteiger charge is -2.17. The monoisotopic (exact) mass is 447 g/mol. The normalized spacial score (nSPS) is 11.5. The number of carbonyl (C=O) groups is 2. The molecule has 0 atom stereocenters. The summed E-state index contributed by atoms with van der Waals surface area (Å²) < 4.78 is 19.2. The molecule has 28 heavy (non-hydrogen) atoms. The Morgan fingerprint density at radius 1 is 1.18 bits per heavy atom. The van der Waals surface area contributed by atoms with E-state index in [1.54, 1.807) is 51.1 Å². The predicted molar refractivity (Wildman–Crippen MR) is 112 cm³/mol. The van der Waals surface area contributed by atoms with Crippen molar-refractivity contribution in [3.05, 3.63) is 70.0 Å². The van der Waals surface area contributed by atoms with Gasteiger partial charge in [0.2, 0.25) is 5.91 Å². The first-order valence-corrected chi connectivity index (χ1v) is 9.66. The lowest BCUT2D eigenvalue weighted by Crippen LogP contribution is -2.22. The second-order valence-electron chi connectivity index (χ2n) is 7.28. The number of esters is 1. The number of benzene rings is 2. The fourth-order valence-electron chi connectivity index (χ4n) is 2.41. The Morgan fingerprint density at radius 3 is 2.61 bits per heavy atom. The molecule has 4 nitrogen and oxygen atoms in total. The van der Waals surface area contributed by atoms with Crippen LogP contribution in [-0.2, 0) is 20.7 Å². The van der Waals surface area contributed by atoms with Crippen LogP contribution in [0.2, 0.25) is 0 Å². The second-order valence-corrected chi connectivity index (χ2v) is 8.14. The molecule has 0 aromatic heterocycles. The van der Waals surface area contributed by atoms with Crippen LogP contribution in [0.25, 0.3) is 6.08 Å².